The molecule has 0 aromatic heterocycles. The van der Waals surface area contributed by atoms with E-state index in [2.05, 4.69) is 0 Å². The third-order valence-electron chi connectivity index (χ3n) is 4.77. The van der Waals surface area contributed by atoms with Crippen molar-refractivity contribution in [3.8, 4) is 0 Å². The van der Waals surface area contributed by atoms with Crippen molar-refractivity contribution in [1.29, 1.82) is 0 Å². The summed E-state index contributed by atoms with van der Waals surface area (Å²) in [5.41, 5.74) is 5.90. The molecule has 1 unspecified atom stereocenters. The first-order valence-corrected chi connectivity index (χ1v) is 8.44. The van der Waals surface area contributed by atoms with Gasteiger partial charge in [-0.3, -0.25) is 9.59 Å². The van der Waals surface area contributed by atoms with Gasteiger partial charge in [0, 0.05) is 32.6 Å². The number of likely N-dealkylation sites (tertiary alicyclic amines) is 2. The van der Waals surface area contributed by atoms with E-state index in [1.807, 2.05) is 16.7 Å². The fraction of sp³-hybridized carbons (Fsp3) is 0.875. The van der Waals surface area contributed by atoms with E-state index >= 15 is 0 Å². The topological polar surface area (TPSA) is 66.6 Å². The Morgan fingerprint density at radius 1 is 1.10 bits per heavy atom. The average molecular weight is 295 g/mol. The van der Waals surface area contributed by atoms with Gasteiger partial charge in [-0.2, -0.15) is 0 Å². The molecule has 2 amide bonds. The van der Waals surface area contributed by atoms with E-state index in [-0.39, 0.29) is 11.9 Å². The van der Waals surface area contributed by atoms with E-state index in [0.717, 1.165) is 64.7 Å². The number of carbonyl (C=O) groups is 2. The molecule has 2 aliphatic rings. The molecule has 120 valence electrons. The second kappa shape index (κ2) is 7.78. The van der Waals surface area contributed by atoms with Crippen molar-refractivity contribution in [2.75, 3.05) is 26.2 Å². The third-order valence-corrected chi connectivity index (χ3v) is 4.77. The van der Waals surface area contributed by atoms with Gasteiger partial charge in [0.1, 0.15) is 0 Å². The number of nitrogens with zero attached hydrogens (tertiary/aromatic N) is 2. The van der Waals surface area contributed by atoms with E-state index in [4.69, 9.17) is 5.73 Å². The number of nitrogens with two attached hydrogens (primary N) is 1. The molecular formula is C16H29N3O2. The van der Waals surface area contributed by atoms with Gasteiger partial charge in [0.2, 0.25) is 11.8 Å². The van der Waals surface area contributed by atoms with E-state index in [1.54, 1.807) is 0 Å². The van der Waals surface area contributed by atoms with Crippen molar-refractivity contribution in [3.05, 3.63) is 0 Å². The fourth-order valence-electron chi connectivity index (χ4n) is 3.37. The molecule has 2 heterocycles. The van der Waals surface area contributed by atoms with Gasteiger partial charge in [-0.05, 0) is 38.0 Å². The molecule has 5 heteroatoms. The van der Waals surface area contributed by atoms with Crippen LogP contribution in [0.3, 0.4) is 0 Å². The van der Waals surface area contributed by atoms with Crippen LogP contribution in [0.2, 0.25) is 0 Å². The Kier molecular flexibility index (Phi) is 6.03. The largest absolute Gasteiger partial charge is 0.343 e. The fourth-order valence-corrected chi connectivity index (χ4v) is 3.37. The molecule has 2 fully saturated rings. The van der Waals surface area contributed by atoms with E-state index < -0.39 is 0 Å². The van der Waals surface area contributed by atoms with Gasteiger partial charge in [0.25, 0.3) is 0 Å². The summed E-state index contributed by atoms with van der Waals surface area (Å²) in [6, 6.07) is -0.349. The van der Waals surface area contributed by atoms with Crippen LogP contribution in [0.25, 0.3) is 0 Å². The molecule has 2 aliphatic heterocycles. The highest BCUT2D eigenvalue weighted by Gasteiger charge is 2.28. The Morgan fingerprint density at radius 2 is 1.71 bits per heavy atom. The quantitative estimate of drug-likeness (QED) is 0.833. The first-order chi connectivity index (χ1) is 10.1. The van der Waals surface area contributed by atoms with Gasteiger partial charge >= 0.3 is 0 Å². The van der Waals surface area contributed by atoms with E-state index in [1.165, 1.54) is 0 Å². The lowest BCUT2D eigenvalue weighted by Crippen LogP contribution is -2.47. The monoisotopic (exact) mass is 295 g/mol. The molecule has 0 aromatic rings. The van der Waals surface area contributed by atoms with Crippen LogP contribution in [0.5, 0.6) is 0 Å². The van der Waals surface area contributed by atoms with Crippen LogP contribution in [0, 0.1) is 5.92 Å². The Balaban J connectivity index is 1.72. The Morgan fingerprint density at radius 3 is 2.29 bits per heavy atom. The molecule has 1 atom stereocenters. The zero-order valence-corrected chi connectivity index (χ0v) is 13.2. The summed E-state index contributed by atoms with van der Waals surface area (Å²) in [5.74, 6) is 0.825. The third kappa shape index (κ3) is 4.43. The van der Waals surface area contributed by atoms with Crippen molar-refractivity contribution in [2.45, 2.75) is 57.9 Å². The van der Waals surface area contributed by atoms with Gasteiger partial charge in [-0.1, -0.05) is 13.3 Å². The molecule has 2 N–H and O–H groups in total. The minimum atomic E-state index is -0.349. The predicted molar refractivity (Wildman–Crippen MR) is 82.6 cm³/mol. The maximum absolute atomic E-state index is 12.2. The Labute approximate surface area is 127 Å². The van der Waals surface area contributed by atoms with Crippen LogP contribution in [-0.4, -0.2) is 53.8 Å². The minimum absolute atomic E-state index is 0.0844. The van der Waals surface area contributed by atoms with Crippen molar-refractivity contribution in [3.63, 3.8) is 0 Å². The summed E-state index contributed by atoms with van der Waals surface area (Å²) in [5, 5.41) is 0. The number of hydrogen-bond acceptors (Lipinski definition) is 3. The molecular weight excluding hydrogens is 266 g/mol. The SMILES string of the molecule is CCCC(N)C(=O)N1CCC(CC(=O)N2CCCC2)CC1. The van der Waals surface area contributed by atoms with E-state index in [9.17, 15) is 9.59 Å². The molecule has 2 rings (SSSR count). The molecule has 0 aromatic carbocycles. The highest BCUT2D eigenvalue weighted by atomic mass is 16.2. The Bertz CT molecular complexity index is 359. The van der Waals surface area contributed by atoms with Crippen molar-refractivity contribution in [1.82, 2.24) is 9.80 Å². The summed E-state index contributed by atoms with van der Waals surface area (Å²) in [7, 11) is 0. The minimum Gasteiger partial charge on any atom is -0.343 e. The number of piperidine rings is 1. The number of rotatable bonds is 5. The molecule has 0 radical (unpaired) electrons. The molecule has 0 saturated carbocycles. The molecule has 2 saturated heterocycles. The maximum Gasteiger partial charge on any atom is 0.239 e. The van der Waals surface area contributed by atoms with E-state index in [0.29, 0.717) is 18.2 Å². The first kappa shape index (κ1) is 16.3. The van der Waals surface area contributed by atoms with Crippen molar-refractivity contribution >= 4 is 11.8 Å². The van der Waals surface area contributed by atoms with Crippen LogP contribution < -0.4 is 5.73 Å². The lowest BCUT2D eigenvalue weighted by molar-refractivity contribution is -0.134. The van der Waals surface area contributed by atoms with Gasteiger partial charge in [-0.25, -0.2) is 0 Å². The molecule has 21 heavy (non-hydrogen) atoms. The van der Waals surface area contributed by atoms with Gasteiger partial charge < -0.3 is 15.5 Å². The summed E-state index contributed by atoms with van der Waals surface area (Å²) < 4.78 is 0. The summed E-state index contributed by atoms with van der Waals surface area (Å²) in [6.45, 7) is 5.43. The maximum atomic E-state index is 12.2. The summed E-state index contributed by atoms with van der Waals surface area (Å²) >= 11 is 0. The first-order valence-electron chi connectivity index (χ1n) is 8.44. The van der Waals surface area contributed by atoms with Crippen LogP contribution >= 0.6 is 0 Å². The summed E-state index contributed by atoms with van der Waals surface area (Å²) in [4.78, 5) is 28.2. The van der Waals surface area contributed by atoms with Crippen LogP contribution in [-0.2, 0) is 9.59 Å². The highest BCUT2D eigenvalue weighted by Crippen LogP contribution is 2.23. The van der Waals surface area contributed by atoms with Gasteiger partial charge in [0.15, 0.2) is 0 Å². The van der Waals surface area contributed by atoms with Gasteiger partial charge in [0.05, 0.1) is 6.04 Å². The second-order valence-corrected chi connectivity index (χ2v) is 6.46. The lowest BCUT2D eigenvalue weighted by atomic mass is 9.92. The number of carbonyl (C=O) groups excluding carboxylic acids is 2. The zero-order chi connectivity index (χ0) is 15.2. The van der Waals surface area contributed by atoms with Crippen molar-refractivity contribution < 1.29 is 9.59 Å². The molecule has 5 nitrogen and oxygen atoms in total. The Hall–Kier alpha value is -1.10. The normalized spacial score (nSPS) is 21.6. The molecule has 0 spiro atoms. The summed E-state index contributed by atoms with van der Waals surface area (Å²) in [6.07, 6.45) is 6.51. The molecule has 0 bridgehead atoms. The highest BCUT2D eigenvalue weighted by molar-refractivity contribution is 5.81. The molecule has 0 aliphatic carbocycles. The number of amides is 2. The van der Waals surface area contributed by atoms with Gasteiger partial charge in [-0.15, -0.1) is 0 Å². The van der Waals surface area contributed by atoms with Crippen molar-refractivity contribution in [2.24, 2.45) is 11.7 Å². The van der Waals surface area contributed by atoms with Crippen LogP contribution in [0.1, 0.15) is 51.9 Å². The standard InChI is InChI=1S/C16H29N3O2/c1-2-5-14(17)16(21)19-10-6-13(7-11-19)12-15(20)18-8-3-4-9-18/h13-14H,2-12,17H2,1H3. The van der Waals surface area contributed by atoms with Crippen LogP contribution in [0.15, 0.2) is 0 Å². The lowest BCUT2D eigenvalue weighted by Gasteiger charge is -2.33. The smallest absolute Gasteiger partial charge is 0.239 e. The second-order valence-electron chi connectivity index (χ2n) is 6.46. The van der Waals surface area contributed by atoms with Crippen LogP contribution in [0.4, 0.5) is 0 Å². The zero-order valence-electron chi connectivity index (χ0n) is 13.2. The predicted octanol–water partition coefficient (Wildman–Crippen LogP) is 1.36. The number of hydrogen-bond donors (Lipinski definition) is 1. The average Bonchev–Trinajstić information content (AvgIpc) is 3.02.